The Morgan fingerprint density at radius 3 is 2.57 bits per heavy atom. The molecule has 0 fully saturated rings. The third-order valence-corrected chi connectivity index (χ3v) is 2.73. The van der Waals surface area contributed by atoms with Gasteiger partial charge < -0.3 is 14.6 Å². The summed E-state index contributed by atoms with van der Waals surface area (Å²) in [5, 5.41) is 8.56. The summed E-state index contributed by atoms with van der Waals surface area (Å²) >= 11 is 0. The first-order valence-corrected chi connectivity index (χ1v) is 6.87. The summed E-state index contributed by atoms with van der Waals surface area (Å²) in [6.07, 6.45) is 6.81. The second kappa shape index (κ2) is 7.74. The lowest BCUT2D eigenvalue weighted by molar-refractivity contribution is -0.139. The molecule has 0 radical (unpaired) electrons. The summed E-state index contributed by atoms with van der Waals surface area (Å²) in [6, 6.07) is 6.57. The highest BCUT2D eigenvalue weighted by molar-refractivity contribution is 5.68. The zero-order valence-corrected chi connectivity index (χ0v) is 12.6. The highest BCUT2D eigenvalue weighted by Gasteiger charge is 2.05. The number of benzene rings is 1. The first-order valence-electron chi connectivity index (χ1n) is 6.87. The topological polar surface area (TPSA) is 81.5 Å². The van der Waals surface area contributed by atoms with Gasteiger partial charge in [-0.15, -0.1) is 0 Å². The number of nitrogens with zero attached hydrogens (tertiary/aromatic N) is 2. The van der Waals surface area contributed by atoms with Crippen molar-refractivity contribution in [2.24, 2.45) is 0 Å². The third kappa shape index (κ3) is 4.67. The van der Waals surface area contributed by atoms with Gasteiger partial charge in [-0.05, 0) is 43.3 Å². The Balaban J connectivity index is 2.11. The molecule has 0 amide bonds. The summed E-state index contributed by atoms with van der Waals surface area (Å²) in [6.45, 7) is 5.19. The second-order valence-electron chi connectivity index (χ2n) is 4.44. The lowest BCUT2D eigenvalue weighted by atomic mass is 10.3. The number of rotatable bonds is 7. The molecule has 0 aliphatic carbocycles. The van der Waals surface area contributed by atoms with Gasteiger partial charge in [-0.1, -0.05) is 12.7 Å². The molecular weight excluding hydrogens is 296 g/mol. The molecule has 0 atom stereocenters. The average Bonchev–Trinajstić information content (AvgIpc) is 2.55. The van der Waals surface area contributed by atoms with E-state index >= 15 is 0 Å². The zero-order valence-electron chi connectivity index (χ0n) is 12.6. The average molecular weight is 312 g/mol. The van der Waals surface area contributed by atoms with Gasteiger partial charge in [-0.2, -0.15) is 0 Å². The Bertz CT molecular complexity index is 724. The monoisotopic (exact) mass is 312 g/mol. The van der Waals surface area contributed by atoms with Gasteiger partial charge in [0.05, 0.1) is 17.6 Å². The zero-order chi connectivity index (χ0) is 16.7. The minimum atomic E-state index is -1.03. The molecule has 0 unspecified atom stereocenters. The number of aromatic nitrogens is 2. The van der Waals surface area contributed by atoms with Crippen LogP contribution in [-0.4, -0.2) is 27.7 Å². The predicted octanol–water partition coefficient (Wildman–Crippen LogP) is 3.41. The molecule has 0 bridgehead atoms. The largest absolute Gasteiger partial charge is 0.482 e. The van der Waals surface area contributed by atoms with E-state index < -0.39 is 5.97 Å². The first kappa shape index (κ1) is 16.2. The first-order chi connectivity index (χ1) is 11.1. The van der Waals surface area contributed by atoms with Crippen LogP contribution in [0.2, 0.25) is 0 Å². The summed E-state index contributed by atoms with van der Waals surface area (Å²) in [4.78, 5) is 19.0. The van der Waals surface area contributed by atoms with Crippen LogP contribution in [0, 0.1) is 0 Å². The molecule has 0 spiro atoms. The molecule has 1 aromatic carbocycles. The van der Waals surface area contributed by atoms with Crippen LogP contribution >= 0.6 is 0 Å². The predicted molar refractivity (Wildman–Crippen MR) is 86.5 cm³/mol. The van der Waals surface area contributed by atoms with Crippen molar-refractivity contribution >= 4 is 18.1 Å². The number of carboxylic acid groups (broad SMARTS) is 1. The lowest BCUT2D eigenvalue weighted by Gasteiger charge is -2.08. The van der Waals surface area contributed by atoms with E-state index in [2.05, 4.69) is 16.5 Å². The second-order valence-corrected chi connectivity index (χ2v) is 4.44. The van der Waals surface area contributed by atoms with E-state index in [-0.39, 0.29) is 6.61 Å². The molecule has 2 aromatic rings. The number of hydrogen-bond acceptors (Lipinski definition) is 5. The van der Waals surface area contributed by atoms with E-state index in [9.17, 15) is 4.79 Å². The number of carboxylic acids is 1. The van der Waals surface area contributed by atoms with Gasteiger partial charge in [0.2, 0.25) is 5.88 Å². The molecule has 1 N–H and O–H groups in total. The van der Waals surface area contributed by atoms with E-state index in [1.165, 1.54) is 6.20 Å². The number of carbonyl (C=O) groups is 1. The summed E-state index contributed by atoms with van der Waals surface area (Å²) < 4.78 is 10.7. The fourth-order valence-electron chi connectivity index (χ4n) is 1.75. The van der Waals surface area contributed by atoms with Crippen LogP contribution in [0.1, 0.15) is 18.3 Å². The normalized spacial score (nSPS) is 10.5. The van der Waals surface area contributed by atoms with E-state index in [0.29, 0.717) is 28.8 Å². The summed E-state index contributed by atoms with van der Waals surface area (Å²) in [5.41, 5.74) is 1.34. The molecule has 1 aromatic heterocycles. The van der Waals surface area contributed by atoms with E-state index in [1.54, 1.807) is 30.3 Å². The van der Waals surface area contributed by atoms with E-state index in [4.69, 9.17) is 14.6 Å². The Morgan fingerprint density at radius 1 is 1.26 bits per heavy atom. The SMILES string of the molecule is C=Cc1ncc(Oc2ccc(OCC(=O)O)cc2)nc1/C=C\C. The fraction of sp³-hybridized carbons (Fsp3) is 0.118. The lowest BCUT2D eigenvalue weighted by Crippen LogP contribution is -2.09. The van der Waals surface area contributed by atoms with Gasteiger partial charge in [0.15, 0.2) is 6.61 Å². The van der Waals surface area contributed by atoms with Crippen molar-refractivity contribution in [2.75, 3.05) is 6.61 Å². The van der Waals surface area contributed by atoms with Gasteiger partial charge >= 0.3 is 5.97 Å². The summed E-state index contributed by atoms with van der Waals surface area (Å²) in [7, 11) is 0. The maximum absolute atomic E-state index is 10.4. The molecule has 2 rings (SSSR count). The molecule has 0 saturated carbocycles. The number of ether oxygens (including phenoxy) is 2. The van der Waals surface area contributed by atoms with Gasteiger partial charge in [-0.25, -0.2) is 14.8 Å². The summed E-state index contributed by atoms with van der Waals surface area (Å²) in [5.74, 6) is 0.310. The number of hydrogen-bond donors (Lipinski definition) is 1. The molecular formula is C17H16N2O4. The number of aliphatic carboxylic acids is 1. The van der Waals surface area contributed by atoms with E-state index in [0.717, 1.165) is 0 Å². The molecule has 1 heterocycles. The Hall–Kier alpha value is -3.15. The number of allylic oxidation sites excluding steroid dienone is 1. The molecule has 0 saturated heterocycles. The standard InChI is InChI=1S/C17H16N2O4/c1-3-5-15-14(4-2)18-10-16(19-15)23-13-8-6-12(7-9-13)22-11-17(20)21/h3-10H,2,11H2,1H3,(H,20,21)/b5-3-. The smallest absolute Gasteiger partial charge is 0.341 e. The van der Waals surface area contributed by atoms with Gasteiger partial charge in [0.25, 0.3) is 0 Å². The quantitative estimate of drug-likeness (QED) is 0.843. The van der Waals surface area contributed by atoms with Gasteiger partial charge in [0, 0.05) is 0 Å². The van der Waals surface area contributed by atoms with Crippen LogP contribution < -0.4 is 9.47 Å². The molecule has 23 heavy (non-hydrogen) atoms. The molecule has 118 valence electrons. The van der Waals surface area contributed by atoms with Crippen molar-refractivity contribution < 1.29 is 19.4 Å². The van der Waals surface area contributed by atoms with E-state index in [1.807, 2.05) is 19.1 Å². The molecule has 6 nitrogen and oxygen atoms in total. The van der Waals surface area contributed by atoms with Crippen LogP contribution in [0.15, 0.2) is 43.1 Å². The van der Waals surface area contributed by atoms with Crippen LogP contribution in [0.3, 0.4) is 0 Å². The van der Waals surface area contributed by atoms with Crippen molar-refractivity contribution in [2.45, 2.75) is 6.92 Å². The van der Waals surface area contributed by atoms with Crippen LogP contribution in [0.5, 0.6) is 17.4 Å². The fourth-order valence-corrected chi connectivity index (χ4v) is 1.75. The van der Waals surface area contributed by atoms with Crippen molar-refractivity contribution in [1.29, 1.82) is 0 Å². The third-order valence-electron chi connectivity index (χ3n) is 2.73. The minimum Gasteiger partial charge on any atom is -0.482 e. The van der Waals surface area contributed by atoms with Crippen molar-refractivity contribution in [3.8, 4) is 17.4 Å². The minimum absolute atomic E-state index is 0.350. The maximum Gasteiger partial charge on any atom is 0.341 e. The Labute approximate surface area is 133 Å². The van der Waals surface area contributed by atoms with Crippen molar-refractivity contribution in [1.82, 2.24) is 9.97 Å². The maximum atomic E-state index is 10.4. The van der Waals surface area contributed by atoms with Gasteiger partial charge in [-0.3, -0.25) is 0 Å². The van der Waals surface area contributed by atoms with Crippen LogP contribution in [-0.2, 0) is 4.79 Å². The highest BCUT2D eigenvalue weighted by atomic mass is 16.5. The van der Waals surface area contributed by atoms with Crippen LogP contribution in [0.4, 0.5) is 0 Å². The van der Waals surface area contributed by atoms with Crippen molar-refractivity contribution in [3.05, 3.63) is 54.5 Å². The van der Waals surface area contributed by atoms with Gasteiger partial charge in [0.1, 0.15) is 11.5 Å². The molecule has 0 aliphatic heterocycles. The van der Waals surface area contributed by atoms with Crippen LogP contribution in [0.25, 0.3) is 12.2 Å². The molecule has 0 aliphatic rings. The molecule has 6 heteroatoms. The highest BCUT2D eigenvalue weighted by Crippen LogP contribution is 2.23. The van der Waals surface area contributed by atoms with Crippen molar-refractivity contribution in [3.63, 3.8) is 0 Å². The Kier molecular flexibility index (Phi) is 5.46. The Morgan fingerprint density at radius 2 is 1.96 bits per heavy atom.